The van der Waals surface area contributed by atoms with E-state index >= 15 is 0 Å². The summed E-state index contributed by atoms with van der Waals surface area (Å²) in [5.74, 6) is -1.22. The Kier molecular flexibility index (Phi) is 7.12. The van der Waals surface area contributed by atoms with Crippen LogP contribution >= 0.6 is 0 Å². The Morgan fingerprint density at radius 1 is 1.14 bits per heavy atom. The predicted octanol–water partition coefficient (Wildman–Crippen LogP) is 4.06. The van der Waals surface area contributed by atoms with Crippen LogP contribution in [0.4, 0.5) is 14.5 Å². The minimum absolute atomic E-state index is 0.0859. The number of hydrogen-bond acceptors (Lipinski definition) is 5. The Labute approximate surface area is 214 Å². The lowest BCUT2D eigenvalue weighted by atomic mass is 10.0. The van der Waals surface area contributed by atoms with E-state index in [1.165, 1.54) is 4.90 Å². The maximum absolute atomic E-state index is 14.8. The Morgan fingerprint density at radius 3 is 2.62 bits per heavy atom. The third-order valence-corrected chi connectivity index (χ3v) is 6.84. The molecule has 1 saturated heterocycles. The molecule has 192 valence electrons. The lowest BCUT2D eigenvalue weighted by molar-refractivity contribution is -0.137. The number of anilines is 1. The number of carbonyl (C=O) groups is 2. The molecule has 3 heterocycles. The summed E-state index contributed by atoms with van der Waals surface area (Å²) in [4.78, 5) is 36.0. The van der Waals surface area contributed by atoms with Crippen molar-refractivity contribution in [2.24, 2.45) is 0 Å². The van der Waals surface area contributed by atoms with E-state index in [0.717, 1.165) is 18.5 Å². The summed E-state index contributed by atoms with van der Waals surface area (Å²) in [6, 6.07) is 14.4. The van der Waals surface area contributed by atoms with Crippen LogP contribution in [0.15, 0.2) is 60.8 Å². The van der Waals surface area contributed by atoms with E-state index in [1.807, 2.05) is 37.3 Å². The molecule has 3 aromatic rings. The summed E-state index contributed by atoms with van der Waals surface area (Å²) in [6.07, 6.45) is 2.11. The molecule has 1 saturated carbocycles. The average Bonchev–Trinajstić information content (AvgIpc) is 3.66. The number of halogens is 2. The number of carbonyl (C=O) groups excluding carboxylic acids is 2. The number of aryl methyl sites for hydroxylation is 1. The molecular formula is C28H29F2N5O2. The minimum atomic E-state index is -1.31. The van der Waals surface area contributed by atoms with Gasteiger partial charge in [-0.2, -0.15) is 4.39 Å². The summed E-state index contributed by atoms with van der Waals surface area (Å²) in [5, 5.41) is 5.93. The van der Waals surface area contributed by atoms with Crippen molar-refractivity contribution in [2.45, 2.75) is 50.4 Å². The van der Waals surface area contributed by atoms with Crippen LogP contribution < -0.4 is 10.6 Å². The van der Waals surface area contributed by atoms with E-state index in [1.54, 1.807) is 30.5 Å². The standard InChI is InChI=1S/C28H29F2N5O2/c1-17-13-21(11-12-31-17)32-15-25(36)35-16-20(29)14-24(35)28(37)34-26(19-5-3-2-4-6-19)23-10-9-22(18-7-8-18)27(30)33-23/h2-6,9-13,18,20,24,26H,7-8,14-16H2,1H3,(H,31,32)(H,34,37). The smallest absolute Gasteiger partial charge is 0.243 e. The number of rotatable bonds is 8. The maximum Gasteiger partial charge on any atom is 0.243 e. The third kappa shape index (κ3) is 5.76. The molecule has 37 heavy (non-hydrogen) atoms. The van der Waals surface area contributed by atoms with Crippen molar-refractivity contribution in [3.05, 3.63) is 89.3 Å². The van der Waals surface area contributed by atoms with E-state index in [-0.39, 0.29) is 31.3 Å². The summed E-state index contributed by atoms with van der Waals surface area (Å²) >= 11 is 0. The summed E-state index contributed by atoms with van der Waals surface area (Å²) < 4.78 is 29.2. The molecule has 0 radical (unpaired) electrons. The first-order valence-corrected chi connectivity index (χ1v) is 12.5. The van der Waals surface area contributed by atoms with Crippen molar-refractivity contribution in [1.82, 2.24) is 20.2 Å². The summed E-state index contributed by atoms with van der Waals surface area (Å²) in [6.45, 7) is 1.59. The van der Waals surface area contributed by atoms with E-state index in [0.29, 0.717) is 22.5 Å². The number of likely N-dealkylation sites (tertiary alicyclic amines) is 1. The molecule has 2 aliphatic rings. The number of benzene rings is 1. The number of amides is 2. The number of hydrogen-bond donors (Lipinski definition) is 2. The van der Waals surface area contributed by atoms with E-state index < -0.39 is 30.1 Å². The lowest BCUT2D eigenvalue weighted by Crippen LogP contribution is -2.48. The van der Waals surface area contributed by atoms with Crippen LogP contribution in [-0.2, 0) is 9.59 Å². The molecule has 0 bridgehead atoms. The Morgan fingerprint density at radius 2 is 1.92 bits per heavy atom. The van der Waals surface area contributed by atoms with Crippen LogP contribution in [0.2, 0.25) is 0 Å². The largest absolute Gasteiger partial charge is 0.376 e. The molecule has 2 fully saturated rings. The van der Waals surface area contributed by atoms with Crippen molar-refractivity contribution >= 4 is 17.5 Å². The van der Waals surface area contributed by atoms with Crippen LogP contribution in [0, 0.1) is 12.9 Å². The molecule has 3 unspecified atom stereocenters. The molecule has 1 aliphatic carbocycles. The Hall–Kier alpha value is -3.88. The van der Waals surface area contributed by atoms with Crippen LogP contribution in [-0.4, -0.2) is 52.0 Å². The van der Waals surface area contributed by atoms with Crippen LogP contribution in [0.1, 0.15) is 53.7 Å². The van der Waals surface area contributed by atoms with Gasteiger partial charge in [-0.1, -0.05) is 36.4 Å². The number of alkyl halides is 1. The number of aromatic nitrogens is 2. The van der Waals surface area contributed by atoms with Gasteiger partial charge in [-0.15, -0.1) is 0 Å². The minimum Gasteiger partial charge on any atom is -0.376 e. The monoisotopic (exact) mass is 505 g/mol. The van der Waals surface area contributed by atoms with Gasteiger partial charge in [0.25, 0.3) is 0 Å². The quantitative estimate of drug-likeness (QED) is 0.451. The zero-order valence-corrected chi connectivity index (χ0v) is 20.5. The van der Waals surface area contributed by atoms with Gasteiger partial charge in [0.15, 0.2) is 0 Å². The zero-order valence-electron chi connectivity index (χ0n) is 20.5. The maximum atomic E-state index is 14.8. The van der Waals surface area contributed by atoms with Crippen LogP contribution in [0.5, 0.6) is 0 Å². The van der Waals surface area contributed by atoms with E-state index in [9.17, 15) is 18.4 Å². The first kappa shape index (κ1) is 24.8. The van der Waals surface area contributed by atoms with Crippen molar-refractivity contribution < 1.29 is 18.4 Å². The zero-order chi connectivity index (χ0) is 25.9. The highest BCUT2D eigenvalue weighted by Gasteiger charge is 2.40. The first-order chi connectivity index (χ1) is 17.9. The van der Waals surface area contributed by atoms with Gasteiger partial charge in [-0.05, 0) is 49.4 Å². The predicted molar refractivity (Wildman–Crippen MR) is 135 cm³/mol. The van der Waals surface area contributed by atoms with Gasteiger partial charge >= 0.3 is 0 Å². The number of nitrogens with zero attached hydrogens (tertiary/aromatic N) is 3. The third-order valence-electron chi connectivity index (χ3n) is 6.84. The fourth-order valence-corrected chi connectivity index (χ4v) is 4.77. The SMILES string of the molecule is Cc1cc(NCC(=O)N2CC(F)CC2C(=O)NC(c2ccccc2)c2ccc(C3CC3)c(F)n2)ccn1. The van der Waals surface area contributed by atoms with Gasteiger partial charge in [-0.3, -0.25) is 14.6 Å². The normalized spacial score (nSPS) is 19.9. The van der Waals surface area contributed by atoms with Gasteiger partial charge in [0.2, 0.25) is 17.8 Å². The molecule has 0 spiro atoms. The Bertz CT molecular complexity index is 1280. The highest BCUT2D eigenvalue weighted by Crippen LogP contribution is 2.41. The fourth-order valence-electron chi connectivity index (χ4n) is 4.77. The van der Waals surface area contributed by atoms with Crippen molar-refractivity contribution in [1.29, 1.82) is 0 Å². The lowest BCUT2D eigenvalue weighted by Gasteiger charge is -2.27. The molecule has 9 heteroatoms. The second-order valence-electron chi connectivity index (χ2n) is 9.68. The summed E-state index contributed by atoms with van der Waals surface area (Å²) in [5.41, 5.74) is 3.16. The van der Waals surface area contributed by atoms with Gasteiger partial charge in [0.05, 0.1) is 24.8 Å². The molecule has 1 aromatic carbocycles. The molecule has 7 nitrogen and oxygen atoms in total. The van der Waals surface area contributed by atoms with Gasteiger partial charge in [-0.25, -0.2) is 9.37 Å². The number of pyridine rings is 2. The number of nitrogens with one attached hydrogen (secondary N) is 2. The summed E-state index contributed by atoms with van der Waals surface area (Å²) in [7, 11) is 0. The topological polar surface area (TPSA) is 87.2 Å². The molecule has 5 rings (SSSR count). The van der Waals surface area contributed by atoms with Crippen molar-refractivity contribution in [3.63, 3.8) is 0 Å². The van der Waals surface area contributed by atoms with E-state index in [2.05, 4.69) is 20.6 Å². The highest BCUT2D eigenvalue weighted by atomic mass is 19.1. The molecule has 2 aromatic heterocycles. The molecule has 2 N–H and O–H groups in total. The van der Waals surface area contributed by atoms with Crippen molar-refractivity contribution in [2.75, 3.05) is 18.4 Å². The highest BCUT2D eigenvalue weighted by molar-refractivity contribution is 5.90. The van der Waals surface area contributed by atoms with Crippen LogP contribution in [0.25, 0.3) is 0 Å². The average molecular weight is 506 g/mol. The van der Waals surface area contributed by atoms with Crippen LogP contribution in [0.3, 0.4) is 0 Å². The molecule has 3 atom stereocenters. The molecule has 1 aliphatic heterocycles. The molecular weight excluding hydrogens is 476 g/mol. The fraction of sp³-hybridized carbons (Fsp3) is 0.357. The van der Waals surface area contributed by atoms with Gasteiger partial charge < -0.3 is 15.5 Å². The first-order valence-electron chi connectivity index (χ1n) is 12.5. The second-order valence-corrected chi connectivity index (χ2v) is 9.68. The second kappa shape index (κ2) is 10.6. The van der Waals surface area contributed by atoms with Gasteiger partial charge in [0, 0.05) is 29.6 Å². The Balaban J connectivity index is 1.33. The van der Waals surface area contributed by atoms with Crippen molar-refractivity contribution in [3.8, 4) is 0 Å². The molecule has 2 amide bonds. The van der Waals surface area contributed by atoms with Gasteiger partial charge in [0.1, 0.15) is 12.2 Å². The van der Waals surface area contributed by atoms with E-state index in [4.69, 9.17) is 0 Å².